The van der Waals surface area contributed by atoms with Gasteiger partial charge in [-0.15, -0.1) is 11.6 Å². The van der Waals surface area contributed by atoms with E-state index in [-0.39, 0.29) is 5.88 Å². The number of aliphatic imine (C=N–C) groups is 1. The number of hydrogen-bond donors (Lipinski definition) is 1. The van der Waals surface area contributed by atoms with E-state index in [0.29, 0.717) is 5.84 Å². The lowest BCUT2D eigenvalue weighted by Crippen LogP contribution is -2.12. The third-order valence-corrected chi connectivity index (χ3v) is 2.52. The summed E-state index contributed by atoms with van der Waals surface area (Å²) in [4.78, 5) is 8.21. The SMILES string of the molecule is NC(CCl)=Nc1cccc(Cn2ccnc2)c1. The highest BCUT2D eigenvalue weighted by molar-refractivity contribution is 6.28. The Balaban J connectivity index is 2.17. The average molecular weight is 249 g/mol. The molecule has 88 valence electrons. The summed E-state index contributed by atoms with van der Waals surface area (Å²) < 4.78 is 1.99. The van der Waals surface area contributed by atoms with Crippen LogP contribution >= 0.6 is 11.6 Å². The number of aromatic nitrogens is 2. The molecule has 2 N–H and O–H groups in total. The van der Waals surface area contributed by atoms with Gasteiger partial charge in [-0.1, -0.05) is 12.1 Å². The molecule has 0 fully saturated rings. The number of hydrogen-bond acceptors (Lipinski definition) is 2. The first-order valence-corrected chi connectivity index (χ1v) is 5.75. The molecule has 0 radical (unpaired) electrons. The number of amidine groups is 1. The van der Waals surface area contributed by atoms with Crippen LogP contribution in [-0.4, -0.2) is 21.3 Å². The molecule has 1 aromatic heterocycles. The van der Waals surface area contributed by atoms with E-state index in [2.05, 4.69) is 9.98 Å². The summed E-state index contributed by atoms with van der Waals surface area (Å²) >= 11 is 5.59. The number of rotatable bonds is 4. The van der Waals surface area contributed by atoms with Gasteiger partial charge < -0.3 is 10.3 Å². The molecule has 0 amide bonds. The molecule has 5 heteroatoms. The molecule has 1 aromatic carbocycles. The van der Waals surface area contributed by atoms with Crippen LogP contribution < -0.4 is 5.73 Å². The molecule has 4 nitrogen and oxygen atoms in total. The Bertz CT molecular complexity index is 505. The molecule has 0 atom stereocenters. The summed E-state index contributed by atoms with van der Waals surface area (Å²) in [6.45, 7) is 0.768. The summed E-state index contributed by atoms with van der Waals surface area (Å²) in [5.41, 5.74) is 7.56. The maximum atomic E-state index is 5.59. The second kappa shape index (κ2) is 5.50. The normalized spacial score (nSPS) is 11.7. The highest BCUT2D eigenvalue weighted by Gasteiger charge is 1.97. The Labute approximate surface area is 105 Å². The first-order chi connectivity index (χ1) is 8.28. The van der Waals surface area contributed by atoms with Crippen LogP contribution in [0.4, 0.5) is 5.69 Å². The lowest BCUT2D eigenvalue weighted by atomic mass is 10.2. The zero-order valence-corrected chi connectivity index (χ0v) is 10.0. The van der Waals surface area contributed by atoms with Crippen molar-refractivity contribution < 1.29 is 0 Å². The molecule has 2 aromatic rings. The minimum absolute atomic E-state index is 0.242. The van der Waals surface area contributed by atoms with Crippen LogP contribution in [0.2, 0.25) is 0 Å². The Kier molecular flexibility index (Phi) is 3.77. The van der Waals surface area contributed by atoms with Gasteiger partial charge in [0.2, 0.25) is 0 Å². The van der Waals surface area contributed by atoms with E-state index in [4.69, 9.17) is 17.3 Å². The fraction of sp³-hybridized carbons (Fsp3) is 0.167. The van der Waals surface area contributed by atoms with Crippen molar-refractivity contribution in [1.29, 1.82) is 0 Å². The standard InChI is InChI=1S/C12H13ClN4/c13-7-12(14)16-11-3-1-2-10(6-11)8-17-5-4-15-9-17/h1-6,9H,7-8H2,(H2,14,16). The van der Waals surface area contributed by atoms with Gasteiger partial charge in [-0.3, -0.25) is 0 Å². The van der Waals surface area contributed by atoms with Gasteiger partial charge in [0.15, 0.2) is 0 Å². The van der Waals surface area contributed by atoms with E-state index in [0.717, 1.165) is 17.8 Å². The van der Waals surface area contributed by atoms with Gasteiger partial charge in [-0.2, -0.15) is 0 Å². The summed E-state index contributed by atoms with van der Waals surface area (Å²) in [7, 11) is 0. The maximum Gasteiger partial charge on any atom is 0.115 e. The lowest BCUT2D eigenvalue weighted by Gasteiger charge is -2.03. The van der Waals surface area contributed by atoms with E-state index >= 15 is 0 Å². The van der Waals surface area contributed by atoms with Crippen LogP contribution in [0.25, 0.3) is 0 Å². The van der Waals surface area contributed by atoms with Gasteiger partial charge in [0.1, 0.15) is 5.84 Å². The second-order valence-electron chi connectivity index (χ2n) is 3.64. The molecule has 0 saturated carbocycles. The molecular weight excluding hydrogens is 236 g/mol. The number of alkyl halides is 1. The Morgan fingerprint density at radius 3 is 3.06 bits per heavy atom. The summed E-state index contributed by atoms with van der Waals surface area (Å²) in [5.74, 6) is 0.664. The summed E-state index contributed by atoms with van der Waals surface area (Å²) in [6, 6.07) is 7.87. The third-order valence-electron chi connectivity index (χ3n) is 2.24. The largest absolute Gasteiger partial charge is 0.386 e. The van der Waals surface area contributed by atoms with Crippen molar-refractivity contribution in [2.75, 3.05) is 5.88 Å². The Morgan fingerprint density at radius 1 is 1.47 bits per heavy atom. The molecule has 0 aliphatic rings. The third kappa shape index (κ3) is 3.32. The Morgan fingerprint density at radius 2 is 2.35 bits per heavy atom. The van der Waals surface area contributed by atoms with Crippen molar-refractivity contribution in [3.63, 3.8) is 0 Å². The van der Waals surface area contributed by atoms with Gasteiger partial charge in [0.25, 0.3) is 0 Å². The van der Waals surface area contributed by atoms with Crippen molar-refractivity contribution in [2.24, 2.45) is 10.7 Å². The second-order valence-corrected chi connectivity index (χ2v) is 3.91. The fourth-order valence-corrected chi connectivity index (χ4v) is 1.57. The number of benzene rings is 1. The lowest BCUT2D eigenvalue weighted by molar-refractivity contribution is 0.797. The zero-order chi connectivity index (χ0) is 12.1. The quantitative estimate of drug-likeness (QED) is 0.512. The molecule has 0 aliphatic carbocycles. The van der Waals surface area contributed by atoms with Gasteiger partial charge in [-0.05, 0) is 17.7 Å². The van der Waals surface area contributed by atoms with E-state index in [9.17, 15) is 0 Å². The van der Waals surface area contributed by atoms with E-state index in [1.807, 2.05) is 35.0 Å². The minimum atomic E-state index is 0.242. The molecule has 0 aliphatic heterocycles. The van der Waals surface area contributed by atoms with Crippen molar-refractivity contribution in [1.82, 2.24) is 9.55 Å². The molecule has 17 heavy (non-hydrogen) atoms. The first-order valence-electron chi connectivity index (χ1n) is 5.21. The summed E-state index contributed by atoms with van der Waals surface area (Å²) in [5, 5.41) is 0. The van der Waals surface area contributed by atoms with Gasteiger partial charge in [0.05, 0.1) is 17.9 Å². The fourth-order valence-electron chi connectivity index (χ4n) is 1.51. The molecule has 0 bridgehead atoms. The molecule has 1 heterocycles. The highest BCUT2D eigenvalue weighted by atomic mass is 35.5. The highest BCUT2D eigenvalue weighted by Crippen LogP contribution is 2.15. The number of halogens is 1. The molecular formula is C12H13ClN4. The molecule has 0 spiro atoms. The first kappa shape index (κ1) is 11.7. The Hall–Kier alpha value is -1.81. The number of imidazole rings is 1. The predicted octanol–water partition coefficient (Wildman–Crippen LogP) is 2.16. The van der Waals surface area contributed by atoms with Crippen molar-refractivity contribution in [3.05, 3.63) is 48.5 Å². The minimum Gasteiger partial charge on any atom is -0.386 e. The molecule has 0 saturated heterocycles. The van der Waals surface area contributed by atoms with Crippen LogP contribution in [0.15, 0.2) is 48.0 Å². The summed E-state index contributed by atoms with van der Waals surface area (Å²) in [6.07, 6.45) is 5.46. The van der Waals surface area contributed by atoms with Crippen molar-refractivity contribution >= 4 is 23.1 Å². The average Bonchev–Trinajstić information content (AvgIpc) is 2.82. The van der Waals surface area contributed by atoms with Gasteiger partial charge in [0, 0.05) is 18.9 Å². The van der Waals surface area contributed by atoms with Crippen LogP contribution in [0.5, 0.6) is 0 Å². The smallest absolute Gasteiger partial charge is 0.115 e. The van der Waals surface area contributed by atoms with Gasteiger partial charge >= 0.3 is 0 Å². The maximum absolute atomic E-state index is 5.59. The monoisotopic (exact) mass is 248 g/mol. The van der Waals surface area contributed by atoms with Crippen LogP contribution in [0.3, 0.4) is 0 Å². The van der Waals surface area contributed by atoms with Crippen LogP contribution in [0, 0.1) is 0 Å². The van der Waals surface area contributed by atoms with Crippen molar-refractivity contribution in [3.8, 4) is 0 Å². The van der Waals surface area contributed by atoms with E-state index < -0.39 is 0 Å². The zero-order valence-electron chi connectivity index (χ0n) is 9.25. The molecule has 0 unspecified atom stereocenters. The molecule has 2 rings (SSSR count). The topological polar surface area (TPSA) is 56.2 Å². The van der Waals surface area contributed by atoms with E-state index in [1.54, 1.807) is 12.5 Å². The number of nitrogens with two attached hydrogens (primary N) is 1. The van der Waals surface area contributed by atoms with Gasteiger partial charge in [-0.25, -0.2) is 9.98 Å². The number of nitrogens with zero attached hydrogens (tertiary/aromatic N) is 3. The predicted molar refractivity (Wildman–Crippen MR) is 69.8 cm³/mol. The van der Waals surface area contributed by atoms with E-state index in [1.165, 1.54) is 0 Å². The van der Waals surface area contributed by atoms with Crippen LogP contribution in [-0.2, 0) is 6.54 Å². The van der Waals surface area contributed by atoms with Crippen LogP contribution in [0.1, 0.15) is 5.56 Å². The van der Waals surface area contributed by atoms with Crippen molar-refractivity contribution in [2.45, 2.75) is 6.54 Å².